The number of hydrogen-bond donors (Lipinski definition) is 3. The highest BCUT2D eigenvalue weighted by Crippen LogP contribution is 2.53. The van der Waals surface area contributed by atoms with Crippen molar-refractivity contribution < 1.29 is 34.2 Å². The molecule has 6 rings (SSSR count). The molecule has 9 nitrogen and oxygen atoms in total. The first kappa shape index (κ1) is 27.7. The molecule has 1 amide bonds. The molecule has 3 aliphatic rings. The van der Waals surface area contributed by atoms with Crippen molar-refractivity contribution in [1.82, 2.24) is 4.90 Å². The van der Waals surface area contributed by atoms with Gasteiger partial charge in [0.15, 0.2) is 34.7 Å². The second kappa shape index (κ2) is 9.82. The number of carbonyl (C=O) groups is 5. The molecule has 2 fully saturated rings. The van der Waals surface area contributed by atoms with E-state index < -0.39 is 64.4 Å². The number of Topliss-reactive ketones (excluding diaryl/α,β-unsaturated/α-hetero) is 4. The van der Waals surface area contributed by atoms with Gasteiger partial charge in [0.2, 0.25) is 5.91 Å². The second-order valence-corrected chi connectivity index (χ2v) is 11.7. The normalized spacial score (nSPS) is 28.7. The van der Waals surface area contributed by atoms with Gasteiger partial charge in [-0.3, -0.25) is 28.9 Å². The third-order valence-corrected chi connectivity index (χ3v) is 9.23. The number of hydrogen-bond acceptors (Lipinski definition) is 8. The molecule has 0 aliphatic heterocycles. The highest BCUT2D eigenvalue weighted by molar-refractivity contribution is 6.32. The summed E-state index contributed by atoms with van der Waals surface area (Å²) in [7, 11) is 3.12. The molecule has 4 N–H and O–H groups in total. The monoisotopic (exact) mass is 566 g/mol. The van der Waals surface area contributed by atoms with Crippen LogP contribution >= 0.6 is 0 Å². The average Bonchev–Trinajstić information content (AvgIpc) is 2.95. The zero-order valence-corrected chi connectivity index (χ0v) is 23.1. The molecule has 3 aliphatic carbocycles. The van der Waals surface area contributed by atoms with E-state index in [1.54, 1.807) is 38.4 Å². The smallest absolute Gasteiger partial charge is 0.235 e. The van der Waals surface area contributed by atoms with E-state index in [9.17, 15) is 34.2 Å². The van der Waals surface area contributed by atoms with E-state index in [-0.39, 0.29) is 24.2 Å². The lowest BCUT2D eigenvalue weighted by Crippen LogP contribution is -2.74. The van der Waals surface area contributed by atoms with Crippen molar-refractivity contribution >= 4 is 29.0 Å². The number of aromatic hydroxyl groups is 1. The van der Waals surface area contributed by atoms with E-state index >= 15 is 0 Å². The topological polar surface area (TPSA) is 155 Å². The van der Waals surface area contributed by atoms with Gasteiger partial charge in [0.1, 0.15) is 5.75 Å². The first-order valence-corrected chi connectivity index (χ1v) is 13.8. The number of aliphatic hydroxyl groups is 1. The largest absolute Gasteiger partial charge is 0.507 e. The summed E-state index contributed by atoms with van der Waals surface area (Å²) in [6.07, 6.45) is 0.192. The lowest BCUT2D eigenvalue weighted by Gasteiger charge is -2.52. The molecule has 0 aromatic heterocycles. The summed E-state index contributed by atoms with van der Waals surface area (Å²) in [4.78, 5) is 69.0. The van der Waals surface area contributed by atoms with Gasteiger partial charge in [-0.2, -0.15) is 0 Å². The molecule has 42 heavy (non-hydrogen) atoms. The molecule has 0 saturated heterocycles. The van der Waals surface area contributed by atoms with Crippen LogP contribution in [0.25, 0.3) is 22.3 Å². The summed E-state index contributed by atoms with van der Waals surface area (Å²) in [5.74, 6) is -10.6. The van der Waals surface area contributed by atoms with Crippen LogP contribution in [0.1, 0.15) is 22.3 Å². The number of phenolic OH excluding ortho intramolecular Hbond substituents is 1. The first-order chi connectivity index (χ1) is 20.0. The Morgan fingerprint density at radius 2 is 1.48 bits per heavy atom. The Kier molecular flexibility index (Phi) is 6.47. The van der Waals surface area contributed by atoms with E-state index in [0.717, 1.165) is 11.1 Å². The summed E-state index contributed by atoms with van der Waals surface area (Å²) in [5.41, 5.74) is 5.78. The highest BCUT2D eigenvalue weighted by Gasteiger charge is 2.69. The molecule has 6 unspecified atom stereocenters. The SMILES string of the molecule is CN(C)C1C(=O)C(C(N)=O)C(=O)C2(O)C(=O)C3C(=O)c4c(O)c(-c5ccccc5)cc(-c5ccccc5)c4CC3CC12. The average molecular weight is 567 g/mol. The number of fused-ring (bicyclic) bond motifs is 3. The number of likely N-dealkylation sites (N-methyl/N-ethyl adjacent to an activating group) is 1. The predicted molar refractivity (Wildman–Crippen MR) is 152 cm³/mol. The number of benzene rings is 3. The fourth-order valence-electron chi connectivity index (χ4n) is 7.38. The van der Waals surface area contributed by atoms with Gasteiger partial charge in [0.05, 0.1) is 17.5 Å². The van der Waals surface area contributed by atoms with E-state index in [1.165, 1.54) is 4.90 Å². The van der Waals surface area contributed by atoms with E-state index in [4.69, 9.17) is 5.73 Å². The summed E-state index contributed by atoms with van der Waals surface area (Å²) >= 11 is 0. The molecular weight excluding hydrogens is 536 g/mol. The van der Waals surface area contributed by atoms with Crippen LogP contribution in [0.2, 0.25) is 0 Å². The lowest BCUT2D eigenvalue weighted by molar-refractivity contribution is -0.181. The van der Waals surface area contributed by atoms with Crippen molar-refractivity contribution in [2.75, 3.05) is 14.1 Å². The van der Waals surface area contributed by atoms with Crippen LogP contribution in [0.4, 0.5) is 0 Å². The summed E-state index contributed by atoms with van der Waals surface area (Å²) in [5, 5.41) is 23.4. The lowest BCUT2D eigenvalue weighted by atomic mass is 9.52. The minimum Gasteiger partial charge on any atom is -0.507 e. The van der Waals surface area contributed by atoms with Crippen LogP contribution in [0.3, 0.4) is 0 Å². The third kappa shape index (κ3) is 3.80. The van der Waals surface area contributed by atoms with E-state index in [0.29, 0.717) is 16.7 Å². The molecule has 9 heteroatoms. The summed E-state index contributed by atoms with van der Waals surface area (Å²) < 4.78 is 0. The Hall–Kier alpha value is -4.47. The Morgan fingerprint density at radius 3 is 2.02 bits per heavy atom. The van der Waals surface area contributed by atoms with Gasteiger partial charge in [-0.05, 0) is 61.2 Å². The van der Waals surface area contributed by atoms with Crippen molar-refractivity contribution in [2.24, 2.45) is 29.4 Å². The Bertz CT molecular complexity index is 1670. The van der Waals surface area contributed by atoms with Crippen LogP contribution in [0.15, 0.2) is 66.7 Å². The maximum Gasteiger partial charge on any atom is 0.235 e. The highest BCUT2D eigenvalue weighted by atomic mass is 16.3. The zero-order chi connectivity index (χ0) is 30.1. The zero-order valence-electron chi connectivity index (χ0n) is 23.1. The summed E-state index contributed by atoms with van der Waals surface area (Å²) in [6, 6.07) is 19.1. The predicted octanol–water partition coefficient (Wildman–Crippen LogP) is 2.20. The second-order valence-electron chi connectivity index (χ2n) is 11.7. The van der Waals surface area contributed by atoms with Gasteiger partial charge in [-0.15, -0.1) is 0 Å². The fraction of sp³-hybridized carbons (Fsp3) is 0.303. The number of primary amides is 1. The van der Waals surface area contributed by atoms with Gasteiger partial charge in [0.25, 0.3) is 0 Å². The van der Waals surface area contributed by atoms with Crippen molar-refractivity contribution in [3.63, 3.8) is 0 Å². The Morgan fingerprint density at radius 1 is 0.905 bits per heavy atom. The number of phenols is 1. The van der Waals surface area contributed by atoms with Crippen molar-refractivity contribution in [1.29, 1.82) is 0 Å². The van der Waals surface area contributed by atoms with Gasteiger partial charge in [-0.1, -0.05) is 60.7 Å². The molecule has 0 spiro atoms. The molecule has 0 heterocycles. The molecule has 3 aromatic carbocycles. The quantitative estimate of drug-likeness (QED) is 0.406. The summed E-state index contributed by atoms with van der Waals surface area (Å²) in [6.45, 7) is 0. The number of ketones is 4. The number of nitrogens with two attached hydrogens (primary N) is 1. The van der Waals surface area contributed by atoms with Crippen molar-refractivity contribution in [3.05, 3.63) is 77.9 Å². The molecule has 0 radical (unpaired) electrons. The number of rotatable bonds is 4. The standard InChI is InChI=1S/C33H30N2O7/c1-35(2)26-22-14-18-13-21-19(16-9-5-3-6-10-16)15-20(17-11-7-4-8-12-17)27(36)24(21)28(37)23(18)30(39)33(22,42)31(40)25(29(26)38)32(34)41/h3-12,15,18,22-23,25-26,36,42H,13-14H2,1-2H3,(H2,34,41). The van der Waals surface area contributed by atoms with Crippen molar-refractivity contribution in [2.45, 2.75) is 24.5 Å². The molecule has 2 saturated carbocycles. The van der Waals surface area contributed by atoms with Crippen molar-refractivity contribution in [3.8, 4) is 28.0 Å². The maximum absolute atomic E-state index is 14.3. The number of nitrogens with zero attached hydrogens (tertiary/aromatic N) is 1. The van der Waals surface area contributed by atoms with E-state index in [2.05, 4.69) is 0 Å². The van der Waals surface area contributed by atoms with Crippen LogP contribution in [-0.4, -0.2) is 69.9 Å². The molecule has 3 aromatic rings. The first-order valence-electron chi connectivity index (χ1n) is 13.8. The third-order valence-electron chi connectivity index (χ3n) is 9.23. The van der Waals surface area contributed by atoms with Gasteiger partial charge < -0.3 is 15.9 Å². The maximum atomic E-state index is 14.3. The molecule has 214 valence electrons. The fourth-order valence-corrected chi connectivity index (χ4v) is 7.38. The minimum absolute atomic E-state index is 0.000671. The van der Waals surface area contributed by atoms with E-state index in [1.807, 2.05) is 42.5 Å². The molecular formula is C33H30N2O7. The number of amides is 1. The van der Waals surface area contributed by atoms with Crippen LogP contribution in [-0.2, 0) is 25.6 Å². The van der Waals surface area contributed by atoms with Gasteiger partial charge in [0, 0.05) is 11.5 Å². The molecule has 6 atom stereocenters. The Balaban J connectivity index is 1.55. The van der Waals surface area contributed by atoms with Crippen LogP contribution < -0.4 is 5.73 Å². The van der Waals surface area contributed by atoms with Gasteiger partial charge >= 0.3 is 0 Å². The van der Waals surface area contributed by atoms with Gasteiger partial charge in [-0.25, -0.2) is 0 Å². The number of carbonyl (C=O) groups excluding carboxylic acids is 5. The minimum atomic E-state index is -2.76. The molecule has 0 bridgehead atoms. The Labute approximate surface area is 241 Å². The van der Waals surface area contributed by atoms with Crippen LogP contribution in [0, 0.1) is 23.7 Å². The van der Waals surface area contributed by atoms with Crippen LogP contribution in [0.5, 0.6) is 5.75 Å².